The Labute approximate surface area is 106 Å². The number of aryl methyl sites for hydroxylation is 1. The molecule has 2 heterocycles. The van der Waals surface area contributed by atoms with Gasteiger partial charge in [0.05, 0.1) is 10.6 Å². The zero-order chi connectivity index (χ0) is 12.4. The fraction of sp³-hybridized carbons (Fsp3) is 0.385. The highest BCUT2D eigenvalue weighted by atomic mass is 35.5. The minimum absolute atomic E-state index is 0.0325. The summed E-state index contributed by atoms with van der Waals surface area (Å²) in [5, 5.41) is 0.481. The third kappa shape index (κ3) is 2.67. The van der Waals surface area contributed by atoms with Crippen molar-refractivity contribution in [1.82, 2.24) is 9.88 Å². The maximum absolute atomic E-state index is 12.3. The van der Waals surface area contributed by atoms with E-state index in [4.69, 9.17) is 11.6 Å². The summed E-state index contributed by atoms with van der Waals surface area (Å²) in [5.41, 5.74) is 2.54. The number of halogens is 1. The molecule has 1 aliphatic heterocycles. The lowest BCUT2D eigenvalue weighted by atomic mass is 10.1. The van der Waals surface area contributed by atoms with E-state index in [0.717, 1.165) is 18.7 Å². The van der Waals surface area contributed by atoms with Gasteiger partial charge < -0.3 is 4.90 Å². The van der Waals surface area contributed by atoms with E-state index in [2.05, 4.69) is 11.1 Å². The van der Waals surface area contributed by atoms with Crippen LogP contribution in [0.4, 0.5) is 0 Å². The van der Waals surface area contributed by atoms with E-state index >= 15 is 0 Å². The average Bonchev–Trinajstić information content (AvgIpc) is 2.28. The second-order valence-electron chi connectivity index (χ2n) is 4.37. The number of nitrogens with zero attached hydrogens (tertiary/aromatic N) is 2. The van der Waals surface area contributed by atoms with E-state index < -0.39 is 0 Å². The van der Waals surface area contributed by atoms with Gasteiger partial charge >= 0.3 is 0 Å². The number of hydrogen-bond acceptors (Lipinski definition) is 2. The molecule has 0 bridgehead atoms. The highest BCUT2D eigenvalue weighted by molar-refractivity contribution is 6.33. The van der Waals surface area contributed by atoms with Gasteiger partial charge in [-0.3, -0.25) is 9.78 Å². The summed E-state index contributed by atoms with van der Waals surface area (Å²) < 4.78 is 0. The average molecular weight is 251 g/mol. The molecule has 90 valence electrons. The van der Waals surface area contributed by atoms with Crippen molar-refractivity contribution >= 4 is 17.5 Å². The topological polar surface area (TPSA) is 33.2 Å². The second kappa shape index (κ2) is 4.88. The van der Waals surface area contributed by atoms with Gasteiger partial charge in [0.15, 0.2) is 0 Å². The van der Waals surface area contributed by atoms with Gasteiger partial charge in [-0.25, -0.2) is 0 Å². The Kier molecular flexibility index (Phi) is 3.48. The Hall–Kier alpha value is -1.35. The molecule has 17 heavy (non-hydrogen) atoms. The Morgan fingerprint density at radius 1 is 1.47 bits per heavy atom. The minimum Gasteiger partial charge on any atom is -0.334 e. The number of carbonyl (C=O) groups excluding carboxylic acids is 1. The summed E-state index contributed by atoms with van der Waals surface area (Å²) in [5.74, 6) is -0.0325. The summed E-state index contributed by atoms with van der Waals surface area (Å²) in [4.78, 5) is 18.2. The zero-order valence-corrected chi connectivity index (χ0v) is 10.8. The van der Waals surface area contributed by atoms with Crippen LogP contribution in [0.1, 0.15) is 29.4 Å². The number of pyridine rings is 1. The molecule has 3 nitrogen and oxygen atoms in total. The first-order chi connectivity index (χ1) is 8.08. The van der Waals surface area contributed by atoms with Crippen LogP contribution in [0.15, 0.2) is 23.9 Å². The lowest BCUT2D eigenvalue weighted by Gasteiger charge is -2.26. The van der Waals surface area contributed by atoms with Crippen molar-refractivity contribution in [2.45, 2.75) is 20.3 Å². The molecule has 4 heteroatoms. The first kappa shape index (κ1) is 12.1. The lowest BCUT2D eigenvalue weighted by molar-refractivity contribution is 0.0765. The molecule has 0 aliphatic carbocycles. The summed E-state index contributed by atoms with van der Waals surface area (Å²) in [7, 11) is 0. The Morgan fingerprint density at radius 3 is 2.88 bits per heavy atom. The van der Waals surface area contributed by atoms with Crippen LogP contribution in [0.3, 0.4) is 0 Å². The molecular weight excluding hydrogens is 236 g/mol. The summed E-state index contributed by atoms with van der Waals surface area (Å²) in [6.45, 7) is 5.33. The highest BCUT2D eigenvalue weighted by Gasteiger charge is 2.20. The minimum atomic E-state index is -0.0325. The van der Waals surface area contributed by atoms with Gasteiger partial charge in [0, 0.05) is 25.0 Å². The normalized spacial score (nSPS) is 15.7. The molecule has 2 rings (SSSR count). The molecule has 0 saturated heterocycles. The van der Waals surface area contributed by atoms with Gasteiger partial charge in [0.1, 0.15) is 0 Å². The fourth-order valence-corrected chi connectivity index (χ4v) is 2.23. The van der Waals surface area contributed by atoms with Crippen LogP contribution in [0.5, 0.6) is 0 Å². The quantitative estimate of drug-likeness (QED) is 0.718. The van der Waals surface area contributed by atoms with Crippen molar-refractivity contribution in [2.24, 2.45) is 0 Å². The molecule has 1 aromatic rings. The molecule has 0 N–H and O–H groups in total. The van der Waals surface area contributed by atoms with Crippen LogP contribution in [0, 0.1) is 6.92 Å². The predicted molar refractivity (Wildman–Crippen MR) is 68.3 cm³/mol. The second-order valence-corrected chi connectivity index (χ2v) is 4.78. The van der Waals surface area contributed by atoms with E-state index in [0.29, 0.717) is 17.1 Å². The SMILES string of the molecule is CC1=CCCN(C(=O)c2cnc(C)cc2Cl)C1. The van der Waals surface area contributed by atoms with Crippen LogP contribution in [0.25, 0.3) is 0 Å². The molecule has 0 aromatic carbocycles. The molecule has 1 aliphatic rings. The van der Waals surface area contributed by atoms with Crippen molar-refractivity contribution in [3.05, 3.63) is 40.2 Å². The third-order valence-corrected chi connectivity index (χ3v) is 3.15. The first-order valence-corrected chi connectivity index (χ1v) is 6.03. The van der Waals surface area contributed by atoms with Gasteiger partial charge in [-0.15, -0.1) is 0 Å². The first-order valence-electron chi connectivity index (χ1n) is 5.65. The molecule has 0 unspecified atom stereocenters. The molecular formula is C13H15ClN2O. The standard InChI is InChI=1S/C13H15ClN2O/c1-9-4-3-5-16(8-9)13(17)11-7-15-10(2)6-12(11)14/h4,6-7H,3,5,8H2,1-2H3. The van der Waals surface area contributed by atoms with Crippen molar-refractivity contribution < 1.29 is 4.79 Å². The zero-order valence-electron chi connectivity index (χ0n) is 10.0. The largest absolute Gasteiger partial charge is 0.334 e. The maximum Gasteiger partial charge on any atom is 0.257 e. The monoisotopic (exact) mass is 250 g/mol. The number of rotatable bonds is 1. The molecule has 1 aromatic heterocycles. The fourth-order valence-electron chi connectivity index (χ4n) is 1.94. The molecule has 0 spiro atoms. The molecule has 1 amide bonds. The summed E-state index contributed by atoms with van der Waals surface area (Å²) in [6.07, 6.45) is 4.64. The van der Waals surface area contributed by atoms with Crippen molar-refractivity contribution in [1.29, 1.82) is 0 Å². The Balaban J connectivity index is 2.22. The van der Waals surface area contributed by atoms with Crippen LogP contribution in [0.2, 0.25) is 5.02 Å². The number of aromatic nitrogens is 1. The maximum atomic E-state index is 12.3. The van der Waals surface area contributed by atoms with Crippen molar-refractivity contribution in [2.75, 3.05) is 13.1 Å². The van der Waals surface area contributed by atoms with Crippen LogP contribution in [-0.4, -0.2) is 28.9 Å². The van der Waals surface area contributed by atoms with Crippen molar-refractivity contribution in [3.8, 4) is 0 Å². The Bertz CT molecular complexity index is 482. The molecule has 0 atom stereocenters. The number of carbonyl (C=O) groups is 1. The molecule has 0 fully saturated rings. The van der Waals surface area contributed by atoms with E-state index in [9.17, 15) is 4.79 Å². The number of amides is 1. The summed E-state index contributed by atoms with van der Waals surface area (Å²) >= 11 is 6.08. The molecule has 0 saturated carbocycles. The smallest absolute Gasteiger partial charge is 0.257 e. The van der Waals surface area contributed by atoms with E-state index in [1.165, 1.54) is 5.57 Å². The van der Waals surface area contributed by atoms with Gasteiger partial charge in [0.25, 0.3) is 5.91 Å². The van der Waals surface area contributed by atoms with Gasteiger partial charge in [-0.05, 0) is 26.3 Å². The van der Waals surface area contributed by atoms with Crippen molar-refractivity contribution in [3.63, 3.8) is 0 Å². The van der Waals surface area contributed by atoms with Crippen LogP contribution in [-0.2, 0) is 0 Å². The number of hydrogen-bond donors (Lipinski definition) is 0. The predicted octanol–water partition coefficient (Wildman–Crippen LogP) is 2.84. The van der Waals surface area contributed by atoms with Crippen LogP contribution < -0.4 is 0 Å². The van der Waals surface area contributed by atoms with E-state index in [-0.39, 0.29) is 5.91 Å². The molecule has 0 radical (unpaired) electrons. The summed E-state index contributed by atoms with van der Waals surface area (Å²) in [6, 6.07) is 1.72. The van der Waals surface area contributed by atoms with Crippen LogP contribution >= 0.6 is 11.6 Å². The highest BCUT2D eigenvalue weighted by Crippen LogP contribution is 2.19. The van der Waals surface area contributed by atoms with E-state index in [1.807, 2.05) is 18.7 Å². The lowest BCUT2D eigenvalue weighted by Crippen LogP contribution is -2.35. The third-order valence-electron chi connectivity index (χ3n) is 2.84. The Morgan fingerprint density at radius 2 is 2.24 bits per heavy atom. The van der Waals surface area contributed by atoms with Gasteiger partial charge in [-0.2, -0.15) is 0 Å². The van der Waals surface area contributed by atoms with Gasteiger partial charge in [0.2, 0.25) is 0 Å². The van der Waals surface area contributed by atoms with E-state index in [1.54, 1.807) is 12.3 Å². The van der Waals surface area contributed by atoms with Gasteiger partial charge in [-0.1, -0.05) is 23.3 Å².